The second kappa shape index (κ2) is 7.64. The van der Waals surface area contributed by atoms with E-state index in [0.29, 0.717) is 12.0 Å². The van der Waals surface area contributed by atoms with Crippen LogP contribution >= 0.6 is 0 Å². The predicted molar refractivity (Wildman–Crippen MR) is 125 cm³/mol. The normalized spacial score (nSPS) is 34.4. The predicted octanol–water partition coefficient (Wildman–Crippen LogP) is 6.12. The molecule has 3 aliphatic rings. The molecule has 2 unspecified atom stereocenters. The molecule has 0 bridgehead atoms. The molecular weight excluding hydrogens is 382 g/mol. The summed E-state index contributed by atoms with van der Waals surface area (Å²) in [6.45, 7) is 10.7. The number of para-hydroxylation sites is 1. The molecule has 0 N–H and O–H groups in total. The van der Waals surface area contributed by atoms with Crippen molar-refractivity contribution >= 4 is 0 Å². The van der Waals surface area contributed by atoms with Crippen LogP contribution in [0.1, 0.15) is 69.9 Å². The fraction of sp³-hybridized carbons (Fsp3) is 0.571. The molecule has 3 nitrogen and oxygen atoms in total. The van der Waals surface area contributed by atoms with Crippen molar-refractivity contribution in [3.8, 4) is 5.75 Å². The first-order chi connectivity index (χ1) is 14.8. The van der Waals surface area contributed by atoms with Crippen molar-refractivity contribution in [3.05, 3.63) is 65.2 Å². The zero-order valence-corrected chi connectivity index (χ0v) is 19.7. The molecule has 2 aliphatic heterocycles. The largest absolute Gasteiger partial charge is 0.496 e. The van der Waals surface area contributed by atoms with Gasteiger partial charge in [0.25, 0.3) is 0 Å². The molecule has 2 aromatic carbocycles. The van der Waals surface area contributed by atoms with Crippen LogP contribution in [0.4, 0.5) is 0 Å². The van der Waals surface area contributed by atoms with Crippen molar-refractivity contribution in [2.24, 2.45) is 11.8 Å². The number of nitrogens with zero attached hydrogens (tertiary/aromatic N) is 1. The smallest absolute Gasteiger partial charge is 0.137 e. The number of fused-ring (bicyclic) bond motifs is 4. The van der Waals surface area contributed by atoms with Crippen LogP contribution in [0, 0.1) is 11.8 Å². The average Bonchev–Trinajstić information content (AvgIpc) is 2.75. The van der Waals surface area contributed by atoms with E-state index in [2.05, 4.69) is 81.1 Å². The topological polar surface area (TPSA) is 21.7 Å². The van der Waals surface area contributed by atoms with Crippen molar-refractivity contribution in [1.29, 1.82) is 0 Å². The van der Waals surface area contributed by atoms with Crippen molar-refractivity contribution in [1.82, 2.24) is 4.90 Å². The van der Waals surface area contributed by atoms with E-state index in [0.717, 1.165) is 24.6 Å². The van der Waals surface area contributed by atoms with Gasteiger partial charge in [0.15, 0.2) is 0 Å². The van der Waals surface area contributed by atoms with Crippen molar-refractivity contribution in [2.45, 2.75) is 76.7 Å². The minimum absolute atomic E-state index is 0.00283. The third-order valence-corrected chi connectivity index (χ3v) is 8.46. The van der Waals surface area contributed by atoms with E-state index in [-0.39, 0.29) is 17.2 Å². The van der Waals surface area contributed by atoms with Gasteiger partial charge in [0.05, 0.1) is 13.2 Å². The number of benzene rings is 2. The Labute approximate surface area is 187 Å². The van der Waals surface area contributed by atoms with Gasteiger partial charge in [0.1, 0.15) is 12.0 Å². The van der Waals surface area contributed by atoms with Gasteiger partial charge in [-0.25, -0.2) is 0 Å². The lowest BCUT2D eigenvalue weighted by atomic mass is 9.65. The first-order valence-corrected chi connectivity index (χ1v) is 12.0. The van der Waals surface area contributed by atoms with Gasteiger partial charge in [0, 0.05) is 23.4 Å². The SMILES string of the molecule is COc1ccccc1C[C@]1(C)CN2[C@@H](OC3C[C@H](C)CCC3C2(C)C)c2ccccc21. The van der Waals surface area contributed by atoms with Crippen LogP contribution in [0.5, 0.6) is 5.75 Å². The van der Waals surface area contributed by atoms with Gasteiger partial charge in [-0.3, -0.25) is 4.90 Å². The third-order valence-electron chi connectivity index (χ3n) is 8.46. The quantitative estimate of drug-likeness (QED) is 0.598. The standard InChI is InChI=1S/C28H37NO2/c1-19-14-15-23-25(16-19)31-26-21-11-7-8-12-22(21)28(4,18-29(26)27(23,2)3)17-20-10-6-9-13-24(20)30-5/h6-13,19,23,25-26H,14-18H2,1-5H3/t19-,23?,25?,26+,28-/m1/s1. The maximum atomic E-state index is 6.92. The zero-order valence-electron chi connectivity index (χ0n) is 19.7. The minimum atomic E-state index is -0.00283. The maximum absolute atomic E-state index is 6.92. The number of hydrogen-bond donors (Lipinski definition) is 0. The lowest BCUT2D eigenvalue weighted by Crippen LogP contribution is -2.65. The average molecular weight is 420 g/mol. The van der Waals surface area contributed by atoms with Gasteiger partial charge in [-0.05, 0) is 61.8 Å². The Bertz CT molecular complexity index is 954. The number of methoxy groups -OCH3 is 1. The van der Waals surface area contributed by atoms with E-state index in [1.54, 1.807) is 7.11 Å². The van der Waals surface area contributed by atoms with E-state index in [1.807, 2.05) is 0 Å². The van der Waals surface area contributed by atoms with Crippen LogP contribution in [0.25, 0.3) is 0 Å². The Balaban J connectivity index is 1.57. The molecule has 0 aromatic heterocycles. The fourth-order valence-corrected chi connectivity index (χ4v) is 6.71. The van der Waals surface area contributed by atoms with Gasteiger partial charge in [-0.1, -0.05) is 62.7 Å². The summed E-state index contributed by atoms with van der Waals surface area (Å²) >= 11 is 0. The van der Waals surface area contributed by atoms with Gasteiger partial charge in [-0.2, -0.15) is 0 Å². The second-order valence-electron chi connectivity index (χ2n) is 11.0. The summed E-state index contributed by atoms with van der Waals surface area (Å²) in [5.74, 6) is 2.35. The van der Waals surface area contributed by atoms with Crippen molar-refractivity contribution < 1.29 is 9.47 Å². The molecule has 1 saturated heterocycles. The molecule has 1 aliphatic carbocycles. The summed E-state index contributed by atoms with van der Waals surface area (Å²) < 4.78 is 12.6. The first-order valence-electron chi connectivity index (χ1n) is 12.0. The van der Waals surface area contributed by atoms with Crippen LogP contribution in [0.15, 0.2) is 48.5 Å². The molecule has 31 heavy (non-hydrogen) atoms. The highest BCUT2D eigenvalue weighted by Gasteiger charge is 2.55. The highest BCUT2D eigenvalue weighted by atomic mass is 16.5. The molecule has 0 radical (unpaired) electrons. The summed E-state index contributed by atoms with van der Waals surface area (Å²) in [6.07, 6.45) is 5.17. The Morgan fingerprint density at radius 2 is 1.77 bits per heavy atom. The Morgan fingerprint density at radius 1 is 1.03 bits per heavy atom. The molecule has 5 atom stereocenters. The Kier molecular flexibility index (Phi) is 5.18. The van der Waals surface area contributed by atoms with E-state index in [1.165, 1.54) is 36.0 Å². The molecule has 3 heteroatoms. The first kappa shape index (κ1) is 21.0. The molecule has 1 saturated carbocycles. The summed E-state index contributed by atoms with van der Waals surface area (Å²) in [5.41, 5.74) is 4.18. The molecular formula is C28H37NO2. The number of rotatable bonds is 3. The van der Waals surface area contributed by atoms with E-state index in [4.69, 9.17) is 9.47 Å². The van der Waals surface area contributed by atoms with Crippen molar-refractivity contribution in [2.75, 3.05) is 13.7 Å². The fourth-order valence-electron chi connectivity index (χ4n) is 6.71. The molecule has 166 valence electrons. The highest BCUT2D eigenvalue weighted by Crippen LogP contribution is 2.54. The van der Waals surface area contributed by atoms with Gasteiger partial charge >= 0.3 is 0 Å². The van der Waals surface area contributed by atoms with Crippen molar-refractivity contribution in [3.63, 3.8) is 0 Å². The zero-order chi connectivity index (χ0) is 21.8. The Morgan fingerprint density at radius 3 is 2.58 bits per heavy atom. The maximum Gasteiger partial charge on any atom is 0.137 e. The van der Waals surface area contributed by atoms with Crippen LogP contribution in [-0.2, 0) is 16.6 Å². The Hall–Kier alpha value is -1.84. The summed E-state index contributed by atoms with van der Waals surface area (Å²) in [7, 11) is 1.78. The van der Waals surface area contributed by atoms with E-state index >= 15 is 0 Å². The van der Waals surface area contributed by atoms with Crippen LogP contribution in [0.2, 0.25) is 0 Å². The lowest BCUT2D eigenvalue weighted by molar-refractivity contribution is -0.246. The second-order valence-corrected chi connectivity index (χ2v) is 11.0. The van der Waals surface area contributed by atoms with E-state index in [9.17, 15) is 0 Å². The number of ether oxygens (including phenoxy) is 2. The van der Waals surface area contributed by atoms with Crippen LogP contribution in [0.3, 0.4) is 0 Å². The molecule has 2 fully saturated rings. The van der Waals surface area contributed by atoms with E-state index < -0.39 is 0 Å². The molecule has 0 amide bonds. The highest BCUT2D eigenvalue weighted by molar-refractivity contribution is 5.43. The van der Waals surface area contributed by atoms with Crippen LogP contribution in [-0.4, -0.2) is 30.2 Å². The summed E-state index contributed by atoms with van der Waals surface area (Å²) in [5, 5.41) is 0. The molecule has 2 heterocycles. The summed E-state index contributed by atoms with van der Waals surface area (Å²) in [6, 6.07) is 17.5. The molecule has 5 rings (SSSR count). The number of hydrogen-bond acceptors (Lipinski definition) is 3. The summed E-state index contributed by atoms with van der Waals surface area (Å²) in [4.78, 5) is 2.68. The monoisotopic (exact) mass is 419 g/mol. The third kappa shape index (κ3) is 3.41. The van der Waals surface area contributed by atoms with Gasteiger partial charge in [-0.15, -0.1) is 0 Å². The van der Waals surface area contributed by atoms with Gasteiger partial charge in [0.2, 0.25) is 0 Å². The van der Waals surface area contributed by atoms with Gasteiger partial charge < -0.3 is 9.47 Å². The molecule has 0 spiro atoms. The van der Waals surface area contributed by atoms with Crippen LogP contribution < -0.4 is 4.74 Å². The molecule has 2 aromatic rings. The lowest BCUT2D eigenvalue weighted by Gasteiger charge is -2.61. The minimum Gasteiger partial charge on any atom is -0.496 e.